The Morgan fingerprint density at radius 2 is 1.78 bits per heavy atom. The normalized spacial score (nSPS) is 10.1. The number of phenols is 1. The van der Waals surface area contributed by atoms with Gasteiger partial charge in [0.25, 0.3) is 5.91 Å². The van der Waals surface area contributed by atoms with Crippen LogP contribution in [0, 0.1) is 13.8 Å². The smallest absolute Gasteiger partial charge is 0.255 e. The van der Waals surface area contributed by atoms with E-state index in [0.29, 0.717) is 11.3 Å². The summed E-state index contributed by atoms with van der Waals surface area (Å²) in [7, 11) is 0. The molecule has 1 amide bonds. The minimum absolute atomic E-state index is 0.0645. The number of rotatable bonds is 2. The van der Waals surface area contributed by atoms with E-state index in [9.17, 15) is 9.90 Å². The Kier molecular flexibility index (Phi) is 3.33. The van der Waals surface area contributed by atoms with Gasteiger partial charge in [0.1, 0.15) is 5.75 Å². The van der Waals surface area contributed by atoms with Crippen molar-refractivity contribution < 1.29 is 9.90 Å². The van der Waals surface area contributed by atoms with Crippen molar-refractivity contribution in [3.05, 3.63) is 59.2 Å². The second kappa shape index (κ2) is 4.92. The van der Waals surface area contributed by atoms with Crippen LogP contribution in [0.2, 0.25) is 0 Å². The van der Waals surface area contributed by atoms with Gasteiger partial charge in [0.05, 0.1) is 5.69 Å². The van der Waals surface area contributed by atoms with Crippen molar-refractivity contribution in [1.82, 2.24) is 0 Å². The highest BCUT2D eigenvalue weighted by Gasteiger charge is 2.08. The molecule has 92 valence electrons. The minimum Gasteiger partial charge on any atom is -0.506 e. The largest absolute Gasteiger partial charge is 0.506 e. The van der Waals surface area contributed by atoms with Crippen LogP contribution in [0.4, 0.5) is 5.69 Å². The fraction of sp³-hybridized carbons (Fsp3) is 0.133. The average Bonchev–Trinajstić information content (AvgIpc) is 2.35. The van der Waals surface area contributed by atoms with Crippen molar-refractivity contribution >= 4 is 11.6 Å². The number of nitrogens with one attached hydrogen (secondary N) is 1. The number of aryl methyl sites for hydroxylation is 2. The maximum absolute atomic E-state index is 12.0. The molecule has 0 aliphatic rings. The summed E-state index contributed by atoms with van der Waals surface area (Å²) in [4.78, 5) is 12.0. The summed E-state index contributed by atoms with van der Waals surface area (Å²) in [5.74, 6) is -0.158. The first-order chi connectivity index (χ1) is 8.58. The van der Waals surface area contributed by atoms with Crippen molar-refractivity contribution in [3.63, 3.8) is 0 Å². The topological polar surface area (TPSA) is 49.3 Å². The van der Waals surface area contributed by atoms with Crippen LogP contribution < -0.4 is 5.32 Å². The van der Waals surface area contributed by atoms with Gasteiger partial charge in [0.15, 0.2) is 0 Å². The predicted molar refractivity (Wildman–Crippen MR) is 72.0 cm³/mol. The summed E-state index contributed by atoms with van der Waals surface area (Å²) >= 11 is 0. The van der Waals surface area contributed by atoms with E-state index >= 15 is 0 Å². The van der Waals surface area contributed by atoms with Crippen LogP contribution in [-0.2, 0) is 0 Å². The van der Waals surface area contributed by atoms with Crippen molar-refractivity contribution in [2.75, 3.05) is 5.32 Å². The number of carbonyl (C=O) groups is 1. The van der Waals surface area contributed by atoms with E-state index in [0.717, 1.165) is 11.1 Å². The van der Waals surface area contributed by atoms with Crippen molar-refractivity contribution in [2.45, 2.75) is 13.8 Å². The van der Waals surface area contributed by atoms with Gasteiger partial charge in [-0.2, -0.15) is 0 Å². The quantitative estimate of drug-likeness (QED) is 0.793. The zero-order valence-electron chi connectivity index (χ0n) is 10.4. The molecule has 3 nitrogen and oxygen atoms in total. The summed E-state index contributed by atoms with van der Waals surface area (Å²) in [6, 6.07) is 12.2. The number of aromatic hydroxyl groups is 1. The summed E-state index contributed by atoms with van der Waals surface area (Å²) in [6.07, 6.45) is 0. The first-order valence-corrected chi connectivity index (χ1v) is 5.74. The molecular weight excluding hydrogens is 226 g/mol. The van der Waals surface area contributed by atoms with Crippen molar-refractivity contribution in [1.29, 1.82) is 0 Å². The van der Waals surface area contributed by atoms with E-state index in [1.165, 1.54) is 6.07 Å². The Balaban J connectivity index is 2.22. The van der Waals surface area contributed by atoms with Gasteiger partial charge < -0.3 is 10.4 Å². The third kappa shape index (κ3) is 2.51. The van der Waals surface area contributed by atoms with Crippen LogP contribution >= 0.6 is 0 Å². The molecule has 0 unspecified atom stereocenters. The number of hydrogen-bond acceptors (Lipinski definition) is 2. The Bertz CT molecular complexity index is 591. The molecule has 0 saturated heterocycles. The molecular formula is C15H15NO2. The monoisotopic (exact) mass is 241 g/mol. The standard InChI is InChI=1S/C15H15NO2/c1-10-7-8-12(9-11(10)2)15(18)16-13-5-3-4-6-14(13)17/h3-9,17H,1-2H3,(H,16,18). The molecule has 2 aromatic carbocycles. The molecule has 2 aromatic rings. The molecule has 0 spiro atoms. The van der Waals surface area contributed by atoms with E-state index in [1.54, 1.807) is 24.3 Å². The molecule has 0 saturated carbocycles. The second-order valence-corrected chi connectivity index (χ2v) is 4.27. The van der Waals surface area contributed by atoms with Crippen LogP contribution in [0.1, 0.15) is 21.5 Å². The Morgan fingerprint density at radius 3 is 2.44 bits per heavy atom. The van der Waals surface area contributed by atoms with E-state index in [2.05, 4.69) is 5.32 Å². The molecule has 0 bridgehead atoms. The molecule has 18 heavy (non-hydrogen) atoms. The molecule has 0 atom stereocenters. The number of para-hydroxylation sites is 2. The summed E-state index contributed by atoms with van der Waals surface area (Å²) in [5, 5.41) is 12.3. The second-order valence-electron chi connectivity index (χ2n) is 4.27. The zero-order chi connectivity index (χ0) is 13.1. The number of amides is 1. The van der Waals surface area contributed by atoms with Gasteiger partial charge in [-0.05, 0) is 49.2 Å². The lowest BCUT2D eigenvalue weighted by molar-refractivity contribution is 0.102. The van der Waals surface area contributed by atoms with Crippen LogP contribution in [-0.4, -0.2) is 11.0 Å². The highest BCUT2D eigenvalue weighted by atomic mass is 16.3. The van der Waals surface area contributed by atoms with Gasteiger partial charge in [-0.1, -0.05) is 18.2 Å². The van der Waals surface area contributed by atoms with Crippen LogP contribution in [0.15, 0.2) is 42.5 Å². The van der Waals surface area contributed by atoms with Crippen LogP contribution in [0.5, 0.6) is 5.75 Å². The maximum atomic E-state index is 12.0. The van der Waals surface area contributed by atoms with E-state index < -0.39 is 0 Å². The number of phenolic OH excluding ortho intramolecular Hbond substituents is 1. The fourth-order valence-electron chi connectivity index (χ4n) is 1.66. The van der Waals surface area contributed by atoms with Crippen LogP contribution in [0.25, 0.3) is 0 Å². The molecule has 0 radical (unpaired) electrons. The third-order valence-corrected chi connectivity index (χ3v) is 2.92. The van der Waals surface area contributed by atoms with Crippen LogP contribution in [0.3, 0.4) is 0 Å². The zero-order valence-corrected chi connectivity index (χ0v) is 10.4. The SMILES string of the molecule is Cc1ccc(C(=O)Nc2ccccc2O)cc1C. The summed E-state index contributed by atoms with van der Waals surface area (Å²) < 4.78 is 0. The van der Waals surface area contributed by atoms with Gasteiger partial charge in [0, 0.05) is 5.56 Å². The molecule has 3 heteroatoms. The molecule has 2 N–H and O–H groups in total. The van der Waals surface area contributed by atoms with Crippen molar-refractivity contribution in [2.24, 2.45) is 0 Å². The van der Waals surface area contributed by atoms with Gasteiger partial charge in [0.2, 0.25) is 0 Å². The van der Waals surface area contributed by atoms with Gasteiger partial charge in [-0.3, -0.25) is 4.79 Å². The summed E-state index contributed by atoms with van der Waals surface area (Å²) in [6.45, 7) is 3.96. The Morgan fingerprint density at radius 1 is 1.06 bits per heavy atom. The molecule has 0 fully saturated rings. The molecule has 0 heterocycles. The van der Waals surface area contributed by atoms with E-state index in [4.69, 9.17) is 0 Å². The first-order valence-electron chi connectivity index (χ1n) is 5.74. The number of benzene rings is 2. The van der Waals surface area contributed by atoms with Gasteiger partial charge >= 0.3 is 0 Å². The number of anilines is 1. The molecule has 2 rings (SSSR count). The molecule has 0 aliphatic carbocycles. The summed E-state index contributed by atoms with van der Waals surface area (Å²) in [5.41, 5.74) is 3.22. The molecule has 0 aromatic heterocycles. The number of hydrogen-bond donors (Lipinski definition) is 2. The Labute approximate surface area is 106 Å². The predicted octanol–water partition coefficient (Wildman–Crippen LogP) is 3.26. The minimum atomic E-state index is -0.223. The van der Waals surface area contributed by atoms with Gasteiger partial charge in [-0.25, -0.2) is 0 Å². The fourth-order valence-corrected chi connectivity index (χ4v) is 1.66. The highest BCUT2D eigenvalue weighted by Crippen LogP contribution is 2.22. The lowest BCUT2D eigenvalue weighted by Crippen LogP contribution is -2.12. The Hall–Kier alpha value is -2.29. The third-order valence-electron chi connectivity index (χ3n) is 2.92. The lowest BCUT2D eigenvalue weighted by Gasteiger charge is -2.08. The lowest BCUT2D eigenvalue weighted by atomic mass is 10.1. The highest BCUT2D eigenvalue weighted by molar-refractivity contribution is 6.05. The molecule has 0 aliphatic heterocycles. The van der Waals surface area contributed by atoms with E-state index in [-0.39, 0.29) is 11.7 Å². The van der Waals surface area contributed by atoms with Gasteiger partial charge in [-0.15, -0.1) is 0 Å². The maximum Gasteiger partial charge on any atom is 0.255 e. The van der Waals surface area contributed by atoms with E-state index in [1.807, 2.05) is 26.0 Å². The average molecular weight is 241 g/mol. The number of carbonyl (C=O) groups excluding carboxylic acids is 1. The first kappa shape index (κ1) is 12.2. The van der Waals surface area contributed by atoms with Crippen molar-refractivity contribution in [3.8, 4) is 5.75 Å².